The Labute approximate surface area is 177 Å². The molecule has 0 N–H and O–H groups in total. The Balaban J connectivity index is 2.10. The highest BCUT2D eigenvalue weighted by molar-refractivity contribution is 6.89. The fraction of sp³-hybridized carbons (Fsp3) is 0.222. The number of fused-ring (bicyclic) bond motifs is 5. The van der Waals surface area contributed by atoms with E-state index in [1.165, 1.54) is 60.1 Å². The average Bonchev–Trinajstić information content (AvgIpc) is 3.03. The molecule has 6 rings (SSSR count). The maximum atomic E-state index is 2.55. The molecule has 3 heterocycles. The normalized spacial score (nSPS) is 13.0. The fourth-order valence-electron chi connectivity index (χ4n) is 5.65. The molecule has 0 aliphatic carbocycles. The van der Waals surface area contributed by atoms with Crippen LogP contribution in [-0.4, -0.2) is 12.5 Å². The SMILES string of the molecule is Cc1c([Si](C)(C)C)cc2c3c1cc[n+](C)c3c1c(C)ccc3c4ccccc4n2c31. The third-order valence-corrected chi connectivity index (χ3v) is 9.13. The lowest BCUT2D eigenvalue weighted by molar-refractivity contribution is -0.643. The van der Waals surface area contributed by atoms with Gasteiger partial charge in [-0.25, -0.2) is 4.57 Å². The van der Waals surface area contributed by atoms with Gasteiger partial charge in [0.25, 0.3) is 0 Å². The summed E-state index contributed by atoms with van der Waals surface area (Å²) in [6, 6.07) is 18.3. The average molecular weight is 408 g/mol. The Morgan fingerprint density at radius 2 is 1.57 bits per heavy atom. The highest BCUT2D eigenvalue weighted by atomic mass is 28.3. The number of hydrogen-bond donors (Lipinski definition) is 0. The van der Waals surface area contributed by atoms with Gasteiger partial charge < -0.3 is 4.40 Å². The maximum absolute atomic E-state index is 2.55. The van der Waals surface area contributed by atoms with Gasteiger partial charge in [0.1, 0.15) is 7.05 Å². The zero-order chi connectivity index (χ0) is 20.9. The van der Waals surface area contributed by atoms with Gasteiger partial charge in [-0.1, -0.05) is 55.2 Å². The minimum Gasteiger partial charge on any atom is -0.307 e. The van der Waals surface area contributed by atoms with Crippen LogP contribution in [0.25, 0.3) is 49.0 Å². The monoisotopic (exact) mass is 407 g/mol. The molecule has 3 aromatic heterocycles. The standard InChI is InChI=1S/C27H27N2Si/c1-16-11-12-20-19-9-7-8-10-21(19)29-22-15-23(30(4,5)6)17(2)18-13-14-28(3)27(25(18)22)24(16)26(20)29/h7-15H,1-6H3/q+1. The van der Waals surface area contributed by atoms with E-state index in [9.17, 15) is 0 Å². The lowest BCUT2D eigenvalue weighted by Crippen LogP contribution is -2.40. The molecule has 0 radical (unpaired) electrons. The molecule has 3 heteroatoms. The Kier molecular flexibility index (Phi) is 3.35. The first-order valence-corrected chi connectivity index (χ1v) is 14.3. The van der Waals surface area contributed by atoms with Crippen molar-refractivity contribution in [2.75, 3.05) is 0 Å². The van der Waals surface area contributed by atoms with Crippen molar-refractivity contribution in [3.63, 3.8) is 0 Å². The zero-order valence-corrected chi connectivity index (χ0v) is 19.6. The largest absolute Gasteiger partial charge is 0.307 e. The molecular formula is C27H27N2Si+. The Hall–Kier alpha value is -2.91. The summed E-state index contributed by atoms with van der Waals surface area (Å²) in [6.45, 7) is 12.0. The van der Waals surface area contributed by atoms with Crippen LogP contribution < -0.4 is 9.75 Å². The van der Waals surface area contributed by atoms with Crippen LogP contribution in [0.3, 0.4) is 0 Å². The van der Waals surface area contributed by atoms with E-state index >= 15 is 0 Å². The number of nitrogens with zero attached hydrogens (tertiary/aromatic N) is 2. The molecule has 0 fully saturated rings. The van der Waals surface area contributed by atoms with E-state index in [1.807, 2.05) is 0 Å². The highest BCUT2D eigenvalue weighted by Crippen LogP contribution is 2.40. The summed E-state index contributed by atoms with van der Waals surface area (Å²) in [5.41, 5.74) is 8.17. The van der Waals surface area contributed by atoms with Gasteiger partial charge in [-0.15, -0.1) is 0 Å². The summed E-state index contributed by atoms with van der Waals surface area (Å²) in [4.78, 5) is 0. The van der Waals surface area contributed by atoms with Gasteiger partial charge in [0.2, 0.25) is 5.52 Å². The van der Waals surface area contributed by atoms with Crippen molar-refractivity contribution in [3.8, 4) is 0 Å². The number of rotatable bonds is 1. The summed E-state index contributed by atoms with van der Waals surface area (Å²) >= 11 is 0. The molecule has 6 aromatic rings. The number of aryl methyl sites for hydroxylation is 3. The lowest BCUT2D eigenvalue weighted by atomic mass is 9.98. The number of pyridine rings is 2. The van der Waals surface area contributed by atoms with Crippen LogP contribution in [0.15, 0.2) is 54.7 Å². The van der Waals surface area contributed by atoms with Crippen LogP contribution in [-0.2, 0) is 7.05 Å². The van der Waals surface area contributed by atoms with Crippen LogP contribution in [0.1, 0.15) is 11.1 Å². The van der Waals surface area contributed by atoms with E-state index in [1.54, 1.807) is 5.19 Å². The van der Waals surface area contributed by atoms with Crippen LogP contribution >= 0.6 is 0 Å². The molecule has 0 aliphatic rings. The van der Waals surface area contributed by atoms with E-state index in [-0.39, 0.29) is 0 Å². The van der Waals surface area contributed by atoms with Gasteiger partial charge >= 0.3 is 0 Å². The van der Waals surface area contributed by atoms with E-state index < -0.39 is 8.07 Å². The van der Waals surface area contributed by atoms with E-state index in [0.717, 1.165) is 0 Å². The molecule has 148 valence electrons. The summed E-state index contributed by atoms with van der Waals surface area (Å²) in [5.74, 6) is 0. The second-order valence-corrected chi connectivity index (χ2v) is 14.9. The van der Waals surface area contributed by atoms with Crippen LogP contribution in [0, 0.1) is 13.8 Å². The molecular weight excluding hydrogens is 380 g/mol. The first kappa shape index (κ1) is 17.9. The predicted octanol–water partition coefficient (Wildman–Crippen LogP) is 5.98. The quantitative estimate of drug-likeness (QED) is 0.137. The molecule has 3 aromatic carbocycles. The number of aromatic nitrogens is 2. The van der Waals surface area contributed by atoms with Gasteiger partial charge in [0.15, 0.2) is 6.20 Å². The third kappa shape index (κ3) is 2.06. The van der Waals surface area contributed by atoms with Crippen molar-refractivity contribution in [1.82, 2.24) is 4.40 Å². The Morgan fingerprint density at radius 1 is 0.800 bits per heavy atom. The molecule has 0 saturated heterocycles. The Morgan fingerprint density at radius 3 is 2.33 bits per heavy atom. The molecule has 0 saturated carbocycles. The van der Waals surface area contributed by atoms with E-state index in [4.69, 9.17) is 0 Å². The second-order valence-electron chi connectivity index (χ2n) is 9.89. The lowest BCUT2D eigenvalue weighted by Gasteiger charge is -2.23. The molecule has 2 nitrogen and oxygen atoms in total. The van der Waals surface area contributed by atoms with Crippen molar-refractivity contribution in [3.05, 3.63) is 65.9 Å². The summed E-state index contributed by atoms with van der Waals surface area (Å²) in [7, 11) is 0.689. The first-order valence-electron chi connectivity index (χ1n) is 10.8. The zero-order valence-electron chi connectivity index (χ0n) is 18.6. The summed E-state index contributed by atoms with van der Waals surface area (Å²) in [5, 5.41) is 8.43. The minimum absolute atomic E-state index is 1.31. The highest BCUT2D eigenvalue weighted by Gasteiger charge is 2.28. The van der Waals surface area contributed by atoms with Gasteiger partial charge in [0.05, 0.1) is 35.4 Å². The maximum Gasteiger partial charge on any atom is 0.224 e. The summed E-state index contributed by atoms with van der Waals surface area (Å²) < 4.78 is 4.87. The third-order valence-electron chi connectivity index (χ3n) is 7.00. The van der Waals surface area contributed by atoms with Crippen molar-refractivity contribution in [2.45, 2.75) is 33.5 Å². The Bertz CT molecular complexity index is 1650. The molecule has 0 aliphatic heterocycles. The number of hydrogen-bond acceptors (Lipinski definition) is 0. The molecule has 0 atom stereocenters. The van der Waals surface area contributed by atoms with Crippen molar-refractivity contribution in [1.29, 1.82) is 0 Å². The van der Waals surface area contributed by atoms with Crippen molar-refractivity contribution >= 4 is 62.3 Å². The number of benzene rings is 3. The van der Waals surface area contributed by atoms with E-state index in [2.05, 4.69) is 104 Å². The van der Waals surface area contributed by atoms with Crippen LogP contribution in [0.2, 0.25) is 19.6 Å². The van der Waals surface area contributed by atoms with Gasteiger partial charge in [-0.3, -0.25) is 0 Å². The van der Waals surface area contributed by atoms with E-state index in [0.29, 0.717) is 0 Å². The molecule has 0 spiro atoms. The molecule has 0 bridgehead atoms. The first-order chi connectivity index (χ1) is 14.3. The molecule has 0 unspecified atom stereocenters. The predicted molar refractivity (Wildman–Crippen MR) is 132 cm³/mol. The smallest absolute Gasteiger partial charge is 0.224 e. The summed E-state index contributed by atoms with van der Waals surface area (Å²) in [6.07, 6.45) is 2.25. The molecule has 0 amide bonds. The topological polar surface area (TPSA) is 8.29 Å². The second kappa shape index (κ2) is 5.61. The molecule has 30 heavy (non-hydrogen) atoms. The van der Waals surface area contributed by atoms with Gasteiger partial charge in [-0.2, -0.15) is 0 Å². The fourth-order valence-corrected chi connectivity index (χ4v) is 7.48. The van der Waals surface area contributed by atoms with Crippen molar-refractivity contribution in [2.24, 2.45) is 7.05 Å². The van der Waals surface area contributed by atoms with Gasteiger partial charge in [-0.05, 0) is 42.5 Å². The van der Waals surface area contributed by atoms with Crippen LogP contribution in [0.4, 0.5) is 0 Å². The minimum atomic E-state index is -1.50. The van der Waals surface area contributed by atoms with Crippen LogP contribution in [0.5, 0.6) is 0 Å². The number of para-hydroxylation sites is 1. The van der Waals surface area contributed by atoms with Gasteiger partial charge in [0, 0.05) is 16.8 Å². The van der Waals surface area contributed by atoms with Crippen molar-refractivity contribution < 1.29 is 4.57 Å².